The number of ether oxygens (including phenoxy) is 1. The molecule has 7 nitrogen and oxygen atoms in total. The summed E-state index contributed by atoms with van der Waals surface area (Å²) in [5, 5.41) is 12.4. The van der Waals surface area contributed by atoms with Crippen LogP contribution in [0.4, 0.5) is 4.79 Å². The van der Waals surface area contributed by atoms with Crippen LogP contribution in [0.2, 0.25) is 0 Å². The Kier molecular flexibility index (Phi) is 7.15. The first kappa shape index (κ1) is 24.8. The molecule has 2 aliphatic carbocycles. The highest BCUT2D eigenvalue weighted by Crippen LogP contribution is 2.44. The molecule has 0 bridgehead atoms. The van der Waals surface area contributed by atoms with Gasteiger partial charge in [0.2, 0.25) is 5.91 Å². The molecule has 2 amide bonds. The molecule has 0 aromatic heterocycles. The van der Waals surface area contributed by atoms with E-state index in [4.69, 9.17) is 4.74 Å². The minimum absolute atomic E-state index is 0.0136. The van der Waals surface area contributed by atoms with Gasteiger partial charge in [-0.2, -0.15) is 0 Å². The normalized spacial score (nSPS) is 19.1. The quantitative estimate of drug-likeness (QED) is 0.568. The van der Waals surface area contributed by atoms with E-state index in [1.807, 2.05) is 24.3 Å². The van der Waals surface area contributed by atoms with Gasteiger partial charge in [0.15, 0.2) is 0 Å². The third kappa shape index (κ3) is 5.04. The molecule has 7 heteroatoms. The summed E-state index contributed by atoms with van der Waals surface area (Å²) in [5.41, 5.74) is 3.47. The van der Waals surface area contributed by atoms with Crippen LogP contribution in [-0.4, -0.2) is 52.7 Å². The van der Waals surface area contributed by atoms with Crippen molar-refractivity contribution < 1.29 is 24.2 Å². The van der Waals surface area contributed by atoms with E-state index in [0.29, 0.717) is 13.0 Å². The minimum Gasteiger partial charge on any atom is -0.480 e. The Morgan fingerprint density at radius 1 is 1.03 bits per heavy atom. The van der Waals surface area contributed by atoms with Gasteiger partial charge < -0.3 is 20.1 Å². The molecule has 1 fully saturated rings. The highest BCUT2D eigenvalue weighted by molar-refractivity contribution is 5.86. The fourth-order valence-corrected chi connectivity index (χ4v) is 5.55. The number of carbonyl (C=O) groups excluding carboxylic acids is 2. The fourth-order valence-electron chi connectivity index (χ4n) is 5.55. The van der Waals surface area contributed by atoms with E-state index in [2.05, 4.69) is 29.6 Å². The van der Waals surface area contributed by atoms with E-state index in [1.165, 1.54) is 27.2 Å². The lowest BCUT2D eigenvalue weighted by molar-refractivity contribution is -0.157. The molecule has 2 atom stereocenters. The maximum Gasteiger partial charge on any atom is 0.407 e. The van der Waals surface area contributed by atoms with Gasteiger partial charge in [-0.15, -0.1) is 0 Å². The van der Waals surface area contributed by atoms with Crippen LogP contribution >= 0.6 is 0 Å². The van der Waals surface area contributed by atoms with Gasteiger partial charge in [-0.05, 0) is 68.2 Å². The van der Waals surface area contributed by atoms with Gasteiger partial charge in [0.25, 0.3) is 0 Å². The van der Waals surface area contributed by atoms with Gasteiger partial charge in [-0.25, -0.2) is 9.59 Å². The van der Waals surface area contributed by atoms with Gasteiger partial charge in [0.05, 0.1) is 0 Å². The van der Waals surface area contributed by atoms with Crippen molar-refractivity contribution in [3.8, 4) is 11.1 Å². The van der Waals surface area contributed by atoms with Crippen LogP contribution in [-0.2, 0) is 14.3 Å². The summed E-state index contributed by atoms with van der Waals surface area (Å²) in [5.74, 6) is -1.06. The lowest BCUT2D eigenvalue weighted by Gasteiger charge is -2.35. The molecule has 2 aromatic carbocycles. The molecule has 2 aromatic rings. The van der Waals surface area contributed by atoms with Gasteiger partial charge in [-0.3, -0.25) is 4.79 Å². The van der Waals surface area contributed by atoms with Gasteiger partial charge in [-0.1, -0.05) is 48.5 Å². The van der Waals surface area contributed by atoms with Crippen LogP contribution in [0.1, 0.15) is 63.5 Å². The average molecular weight is 479 g/mol. The number of carboxylic acids is 1. The zero-order chi connectivity index (χ0) is 25.2. The molecule has 1 saturated carbocycles. The smallest absolute Gasteiger partial charge is 0.407 e. The number of alkyl carbamates (subject to hydrolysis) is 1. The first-order valence-corrected chi connectivity index (χ1v) is 12.4. The number of likely N-dealkylation sites (N-methyl/N-ethyl adjacent to an activating group) is 1. The Hall–Kier alpha value is -3.35. The highest BCUT2D eigenvalue weighted by Gasteiger charge is 2.38. The Bertz CT molecular complexity index is 1070. The highest BCUT2D eigenvalue weighted by atomic mass is 16.5. The number of hydrogen-bond donors (Lipinski definition) is 2. The number of rotatable bonds is 8. The van der Waals surface area contributed by atoms with Crippen molar-refractivity contribution >= 4 is 18.0 Å². The Labute approximate surface area is 206 Å². The number of fused-ring (bicyclic) bond motifs is 3. The number of aliphatic carboxylic acids is 1. The number of hydrogen-bond acceptors (Lipinski definition) is 4. The second-order valence-electron chi connectivity index (χ2n) is 10.1. The summed E-state index contributed by atoms with van der Waals surface area (Å²) >= 11 is 0. The number of carbonyl (C=O) groups is 3. The number of benzene rings is 2. The van der Waals surface area contributed by atoms with Crippen LogP contribution in [0.25, 0.3) is 11.1 Å². The maximum absolute atomic E-state index is 12.8. The molecule has 4 rings (SSSR count). The Morgan fingerprint density at radius 3 is 2.20 bits per heavy atom. The van der Waals surface area contributed by atoms with Crippen molar-refractivity contribution in [2.45, 2.75) is 64.0 Å². The van der Waals surface area contributed by atoms with E-state index in [1.54, 1.807) is 20.8 Å². The van der Waals surface area contributed by atoms with E-state index in [9.17, 15) is 19.5 Å². The molecule has 0 radical (unpaired) electrons. The fraction of sp³-hybridized carbons (Fsp3) is 0.464. The summed E-state index contributed by atoms with van der Waals surface area (Å²) in [7, 11) is 0. The predicted molar refractivity (Wildman–Crippen MR) is 133 cm³/mol. The Balaban J connectivity index is 1.29. The maximum atomic E-state index is 12.8. The molecule has 0 aliphatic heterocycles. The van der Waals surface area contributed by atoms with E-state index >= 15 is 0 Å². The van der Waals surface area contributed by atoms with Gasteiger partial charge in [0.1, 0.15) is 12.1 Å². The van der Waals surface area contributed by atoms with Crippen molar-refractivity contribution in [3.05, 3.63) is 59.7 Å². The summed E-state index contributed by atoms with van der Waals surface area (Å²) < 4.78 is 5.65. The molecule has 2 N–H and O–H groups in total. The largest absolute Gasteiger partial charge is 0.480 e. The van der Waals surface area contributed by atoms with E-state index in [-0.39, 0.29) is 36.8 Å². The van der Waals surface area contributed by atoms with Crippen LogP contribution in [0.5, 0.6) is 0 Å². The Morgan fingerprint density at radius 2 is 1.63 bits per heavy atom. The first-order chi connectivity index (χ1) is 16.7. The standard InChI is InChI=1S/C28H34N2O5/c1-4-30(28(2,3)26(32)33)25(31)16-18-13-14-19(15-18)29-27(34)35-17-24-22-11-7-5-9-20(22)21-10-6-8-12-23(21)24/h5-12,18-19,24H,4,13-17H2,1-3H3,(H,29,34)(H,32,33)/t18-,19+/m0/s1. The molecular formula is C28H34N2O5. The molecule has 0 saturated heterocycles. The number of nitrogens with zero attached hydrogens (tertiary/aromatic N) is 1. The first-order valence-electron chi connectivity index (χ1n) is 12.4. The molecule has 2 aliphatic rings. The number of carboxylic acid groups (broad SMARTS) is 1. The third-order valence-corrected chi connectivity index (χ3v) is 7.49. The molecule has 0 heterocycles. The lowest BCUT2D eigenvalue weighted by atomic mass is 9.98. The summed E-state index contributed by atoms with van der Waals surface area (Å²) in [4.78, 5) is 38.4. The summed E-state index contributed by atoms with van der Waals surface area (Å²) in [6.07, 6.45) is 2.11. The molecular weight excluding hydrogens is 444 g/mol. The second-order valence-corrected chi connectivity index (χ2v) is 10.1. The van der Waals surface area contributed by atoms with E-state index < -0.39 is 17.6 Å². The van der Waals surface area contributed by atoms with Gasteiger partial charge in [0, 0.05) is 24.9 Å². The molecule has 0 unspecified atom stereocenters. The van der Waals surface area contributed by atoms with Crippen molar-refractivity contribution in [3.63, 3.8) is 0 Å². The molecule has 0 spiro atoms. The van der Waals surface area contributed by atoms with Crippen molar-refractivity contribution in [2.24, 2.45) is 5.92 Å². The predicted octanol–water partition coefficient (Wildman–Crippen LogP) is 4.80. The summed E-state index contributed by atoms with van der Waals surface area (Å²) in [6.45, 7) is 5.50. The number of amides is 2. The topological polar surface area (TPSA) is 95.9 Å². The monoisotopic (exact) mass is 478 g/mol. The number of nitrogens with one attached hydrogen (secondary N) is 1. The van der Waals surface area contributed by atoms with Gasteiger partial charge >= 0.3 is 12.1 Å². The van der Waals surface area contributed by atoms with Crippen LogP contribution in [0.15, 0.2) is 48.5 Å². The molecule has 186 valence electrons. The SMILES string of the molecule is CCN(C(=O)C[C@H]1CC[C@@H](NC(=O)OCC2c3ccccc3-c3ccccc32)C1)C(C)(C)C(=O)O. The van der Waals surface area contributed by atoms with Crippen LogP contribution in [0, 0.1) is 5.92 Å². The van der Waals surface area contributed by atoms with Crippen LogP contribution in [0.3, 0.4) is 0 Å². The lowest BCUT2D eigenvalue weighted by Crippen LogP contribution is -2.53. The van der Waals surface area contributed by atoms with Crippen molar-refractivity contribution in [1.82, 2.24) is 10.2 Å². The minimum atomic E-state index is -1.25. The molecule has 35 heavy (non-hydrogen) atoms. The second kappa shape index (κ2) is 10.1. The van der Waals surface area contributed by atoms with Crippen LogP contribution < -0.4 is 5.32 Å². The zero-order valence-electron chi connectivity index (χ0n) is 20.6. The average Bonchev–Trinajstić information content (AvgIpc) is 3.39. The van der Waals surface area contributed by atoms with E-state index in [0.717, 1.165) is 12.8 Å². The zero-order valence-corrected chi connectivity index (χ0v) is 20.6. The van der Waals surface area contributed by atoms with Crippen molar-refractivity contribution in [1.29, 1.82) is 0 Å². The summed E-state index contributed by atoms with van der Waals surface area (Å²) in [6, 6.07) is 16.4. The van der Waals surface area contributed by atoms with Crippen molar-refractivity contribution in [2.75, 3.05) is 13.2 Å². The third-order valence-electron chi connectivity index (χ3n) is 7.49.